The van der Waals surface area contributed by atoms with Crippen molar-refractivity contribution in [3.05, 3.63) is 40.9 Å². The Bertz CT molecular complexity index is 539. The van der Waals surface area contributed by atoms with Crippen molar-refractivity contribution >= 4 is 21.6 Å². The average Bonchev–Trinajstić information content (AvgIpc) is 2.69. The van der Waals surface area contributed by atoms with E-state index in [0.29, 0.717) is 11.5 Å². The van der Waals surface area contributed by atoms with Gasteiger partial charge < -0.3 is 5.73 Å². The molecule has 0 aliphatic rings. The van der Waals surface area contributed by atoms with Crippen molar-refractivity contribution in [2.75, 3.05) is 5.73 Å². The molecule has 2 aromatic rings. The number of nitrogen functional groups attached to an aromatic ring is 1. The molecular formula is C10H7BrN4. The van der Waals surface area contributed by atoms with Crippen LogP contribution in [0.5, 0.6) is 0 Å². The third kappa shape index (κ3) is 1.72. The molecule has 5 heteroatoms. The summed E-state index contributed by atoms with van der Waals surface area (Å²) < 4.78 is 2.56. The molecule has 1 aromatic carbocycles. The van der Waals surface area contributed by atoms with Crippen molar-refractivity contribution < 1.29 is 0 Å². The quantitative estimate of drug-likeness (QED) is 0.801. The Labute approximate surface area is 95.1 Å². The van der Waals surface area contributed by atoms with Crippen LogP contribution in [0.25, 0.3) is 5.69 Å². The number of halogens is 1. The molecule has 0 unspecified atom stereocenters. The van der Waals surface area contributed by atoms with Gasteiger partial charge >= 0.3 is 0 Å². The smallest absolute Gasteiger partial charge is 0.217 e. The first-order valence-corrected chi connectivity index (χ1v) is 5.00. The van der Waals surface area contributed by atoms with Gasteiger partial charge in [-0.2, -0.15) is 5.26 Å². The number of hydrogen-bond donors (Lipinski definition) is 1. The van der Waals surface area contributed by atoms with Crippen molar-refractivity contribution in [2.24, 2.45) is 0 Å². The van der Waals surface area contributed by atoms with Crippen molar-refractivity contribution in [3.63, 3.8) is 0 Å². The van der Waals surface area contributed by atoms with E-state index >= 15 is 0 Å². The molecule has 4 nitrogen and oxygen atoms in total. The normalized spacial score (nSPS) is 9.87. The number of hydrogen-bond acceptors (Lipinski definition) is 3. The van der Waals surface area contributed by atoms with E-state index in [1.54, 1.807) is 23.0 Å². The maximum Gasteiger partial charge on any atom is 0.217 e. The molecule has 15 heavy (non-hydrogen) atoms. The van der Waals surface area contributed by atoms with Crippen molar-refractivity contribution in [2.45, 2.75) is 0 Å². The Balaban J connectivity index is 2.64. The Morgan fingerprint density at radius 1 is 1.47 bits per heavy atom. The van der Waals surface area contributed by atoms with E-state index in [-0.39, 0.29) is 0 Å². The van der Waals surface area contributed by atoms with E-state index in [1.807, 2.05) is 18.2 Å². The molecule has 1 aromatic heterocycles. The molecule has 74 valence electrons. The van der Waals surface area contributed by atoms with Crippen LogP contribution in [0.2, 0.25) is 0 Å². The monoisotopic (exact) mass is 262 g/mol. The highest BCUT2D eigenvalue weighted by molar-refractivity contribution is 9.10. The van der Waals surface area contributed by atoms with Crippen LogP contribution in [0.1, 0.15) is 5.82 Å². The number of nitriles is 1. The van der Waals surface area contributed by atoms with Gasteiger partial charge in [-0.05, 0) is 18.2 Å². The maximum absolute atomic E-state index is 8.84. The second-order valence-electron chi connectivity index (χ2n) is 2.94. The Kier molecular flexibility index (Phi) is 2.44. The Morgan fingerprint density at radius 2 is 2.27 bits per heavy atom. The number of nitrogens with two attached hydrogens (primary N) is 1. The van der Waals surface area contributed by atoms with Gasteiger partial charge in [0.05, 0.1) is 11.4 Å². The lowest BCUT2D eigenvalue weighted by molar-refractivity contribution is 1.02. The van der Waals surface area contributed by atoms with Gasteiger partial charge in [0.15, 0.2) is 0 Å². The van der Waals surface area contributed by atoms with Crippen LogP contribution < -0.4 is 5.73 Å². The highest BCUT2D eigenvalue weighted by Gasteiger charge is 2.07. The summed E-state index contributed by atoms with van der Waals surface area (Å²) in [6.45, 7) is 0. The number of anilines is 1. The second kappa shape index (κ2) is 3.75. The van der Waals surface area contributed by atoms with Crippen molar-refractivity contribution in [1.29, 1.82) is 5.26 Å². The molecule has 1 heterocycles. The molecule has 0 saturated carbocycles. The molecule has 2 N–H and O–H groups in total. The molecule has 0 radical (unpaired) electrons. The van der Waals surface area contributed by atoms with Crippen molar-refractivity contribution in [1.82, 2.24) is 9.55 Å². The lowest BCUT2D eigenvalue weighted by atomic mass is 10.2. The van der Waals surface area contributed by atoms with Crippen LogP contribution in [0.3, 0.4) is 0 Å². The average molecular weight is 263 g/mol. The third-order valence-electron chi connectivity index (χ3n) is 1.99. The molecule has 0 spiro atoms. The number of imidazole rings is 1. The van der Waals surface area contributed by atoms with Crippen LogP contribution >= 0.6 is 15.9 Å². The van der Waals surface area contributed by atoms with Crippen LogP contribution in [0.15, 0.2) is 35.1 Å². The molecule has 0 fully saturated rings. The minimum Gasteiger partial charge on any atom is -0.397 e. The van der Waals surface area contributed by atoms with Crippen LogP contribution in [-0.4, -0.2) is 9.55 Å². The van der Waals surface area contributed by atoms with Gasteiger partial charge in [-0.3, -0.25) is 4.57 Å². The van der Waals surface area contributed by atoms with E-state index in [4.69, 9.17) is 11.0 Å². The lowest BCUT2D eigenvalue weighted by Crippen LogP contribution is -2.01. The predicted octanol–water partition coefficient (Wildman–Crippen LogP) is 2.09. The molecule has 0 saturated heterocycles. The summed E-state index contributed by atoms with van der Waals surface area (Å²) >= 11 is 3.36. The first-order valence-electron chi connectivity index (χ1n) is 4.21. The predicted molar refractivity (Wildman–Crippen MR) is 60.4 cm³/mol. The Hall–Kier alpha value is -1.80. The zero-order valence-corrected chi connectivity index (χ0v) is 9.27. The topological polar surface area (TPSA) is 67.6 Å². The fourth-order valence-electron chi connectivity index (χ4n) is 1.31. The van der Waals surface area contributed by atoms with Gasteiger partial charge in [-0.1, -0.05) is 15.9 Å². The zero-order chi connectivity index (χ0) is 10.8. The molecule has 0 atom stereocenters. The van der Waals surface area contributed by atoms with Crippen LogP contribution in [0, 0.1) is 11.3 Å². The standard InChI is InChI=1S/C10H7BrN4/c11-7-1-2-8(13)9(5-7)15-4-3-14-10(15)6-12/h1-5H,13H2. The molecule has 0 aliphatic carbocycles. The van der Waals surface area contributed by atoms with E-state index in [1.165, 1.54) is 0 Å². The summed E-state index contributed by atoms with van der Waals surface area (Å²) in [7, 11) is 0. The zero-order valence-electron chi connectivity index (χ0n) is 7.68. The minimum atomic E-state index is 0.319. The lowest BCUT2D eigenvalue weighted by Gasteiger charge is -2.07. The minimum absolute atomic E-state index is 0.319. The van der Waals surface area contributed by atoms with Gasteiger partial charge in [0.2, 0.25) is 5.82 Å². The maximum atomic E-state index is 8.84. The highest BCUT2D eigenvalue weighted by atomic mass is 79.9. The summed E-state index contributed by atoms with van der Waals surface area (Å²) in [5, 5.41) is 8.84. The summed E-state index contributed by atoms with van der Waals surface area (Å²) in [5.74, 6) is 0.319. The van der Waals surface area contributed by atoms with Gasteiger partial charge in [-0.15, -0.1) is 0 Å². The Morgan fingerprint density at radius 3 is 3.00 bits per heavy atom. The molecule has 0 bridgehead atoms. The molecular weight excluding hydrogens is 256 g/mol. The molecule has 0 aliphatic heterocycles. The first kappa shape index (κ1) is 9.74. The van der Waals surface area contributed by atoms with E-state index in [9.17, 15) is 0 Å². The van der Waals surface area contributed by atoms with Crippen LogP contribution in [0.4, 0.5) is 5.69 Å². The van der Waals surface area contributed by atoms with Gasteiger partial charge in [-0.25, -0.2) is 4.98 Å². The second-order valence-corrected chi connectivity index (χ2v) is 3.85. The van der Waals surface area contributed by atoms with Gasteiger partial charge in [0.25, 0.3) is 0 Å². The summed E-state index contributed by atoms with van der Waals surface area (Å²) in [4.78, 5) is 3.91. The largest absolute Gasteiger partial charge is 0.397 e. The number of benzene rings is 1. The number of nitrogens with zero attached hydrogens (tertiary/aromatic N) is 3. The summed E-state index contributed by atoms with van der Waals surface area (Å²) in [5.41, 5.74) is 7.18. The van der Waals surface area contributed by atoms with E-state index < -0.39 is 0 Å². The van der Waals surface area contributed by atoms with E-state index in [0.717, 1.165) is 10.2 Å². The van der Waals surface area contributed by atoms with E-state index in [2.05, 4.69) is 20.9 Å². The fourth-order valence-corrected chi connectivity index (χ4v) is 1.65. The fraction of sp³-hybridized carbons (Fsp3) is 0. The highest BCUT2D eigenvalue weighted by Crippen LogP contribution is 2.22. The van der Waals surface area contributed by atoms with Gasteiger partial charge in [0, 0.05) is 16.9 Å². The first-order chi connectivity index (χ1) is 7.22. The number of aromatic nitrogens is 2. The van der Waals surface area contributed by atoms with Crippen molar-refractivity contribution in [3.8, 4) is 11.8 Å². The van der Waals surface area contributed by atoms with Crippen LogP contribution in [-0.2, 0) is 0 Å². The molecule has 0 amide bonds. The van der Waals surface area contributed by atoms with Gasteiger partial charge in [0.1, 0.15) is 6.07 Å². The molecule has 2 rings (SSSR count). The number of rotatable bonds is 1. The third-order valence-corrected chi connectivity index (χ3v) is 2.49. The summed E-state index contributed by atoms with van der Waals surface area (Å²) in [6, 6.07) is 7.47. The SMILES string of the molecule is N#Cc1nccn1-c1cc(Br)ccc1N. The summed E-state index contributed by atoms with van der Waals surface area (Å²) in [6.07, 6.45) is 3.27.